The van der Waals surface area contributed by atoms with Crippen LogP contribution in [-0.4, -0.2) is 35.6 Å². The van der Waals surface area contributed by atoms with E-state index in [-0.39, 0.29) is 30.2 Å². The number of benzene rings is 1. The van der Waals surface area contributed by atoms with Gasteiger partial charge in [0.2, 0.25) is 0 Å². The van der Waals surface area contributed by atoms with E-state index >= 15 is 0 Å². The number of methoxy groups -OCH3 is 1. The Hall–Kier alpha value is -1.60. The van der Waals surface area contributed by atoms with Gasteiger partial charge in [0.15, 0.2) is 0 Å². The Morgan fingerprint density at radius 2 is 2.19 bits per heavy atom. The SMILES string of the molecule is COC1CC[C@]2(c3cc(N)ccc3F)N=C(CC(=O)OC(C)(C)C)SC[C@H]12. The lowest BCUT2D eigenvalue weighted by Gasteiger charge is -2.38. The van der Waals surface area contributed by atoms with E-state index in [1.807, 2.05) is 20.8 Å². The summed E-state index contributed by atoms with van der Waals surface area (Å²) in [6, 6.07) is 4.61. The van der Waals surface area contributed by atoms with E-state index in [2.05, 4.69) is 0 Å². The number of carbonyl (C=O) groups is 1. The lowest BCUT2D eigenvalue weighted by Crippen LogP contribution is -2.40. The van der Waals surface area contributed by atoms with Gasteiger partial charge in [-0.25, -0.2) is 4.39 Å². The van der Waals surface area contributed by atoms with E-state index in [9.17, 15) is 9.18 Å². The molecule has 1 unspecified atom stereocenters. The maximum Gasteiger partial charge on any atom is 0.312 e. The average Bonchev–Trinajstić information content (AvgIpc) is 2.94. The number of carbonyl (C=O) groups excluding carboxylic acids is 1. The second-order valence-electron chi connectivity index (χ2n) is 8.16. The third kappa shape index (κ3) is 4.14. The summed E-state index contributed by atoms with van der Waals surface area (Å²) in [4.78, 5) is 17.2. The first-order valence-electron chi connectivity index (χ1n) is 9.16. The first kappa shape index (κ1) is 20.1. The molecule has 1 aromatic carbocycles. The smallest absolute Gasteiger partial charge is 0.312 e. The van der Waals surface area contributed by atoms with E-state index in [0.29, 0.717) is 28.5 Å². The Labute approximate surface area is 163 Å². The fraction of sp³-hybridized carbons (Fsp3) is 0.600. The third-order valence-corrected chi connectivity index (χ3v) is 6.20. The summed E-state index contributed by atoms with van der Waals surface area (Å²) in [5.74, 6) is 0.107. The zero-order chi connectivity index (χ0) is 19.8. The predicted octanol–water partition coefficient (Wildman–Crippen LogP) is 3.91. The summed E-state index contributed by atoms with van der Waals surface area (Å²) in [5.41, 5.74) is 5.64. The van der Waals surface area contributed by atoms with Gasteiger partial charge < -0.3 is 15.2 Å². The van der Waals surface area contributed by atoms with Gasteiger partial charge in [0.25, 0.3) is 0 Å². The molecule has 5 nitrogen and oxygen atoms in total. The minimum atomic E-state index is -0.747. The second kappa shape index (κ2) is 7.43. The highest BCUT2D eigenvalue weighted by Crippen LogP contribution is 2.53. The molecular formula is C20H27FN2O3S. The van der Waals surface area contributed by atoms with Crippen molar-refractivity contribution in [3.63, 3.8) is 0 Å². The number of nitrogens with two attached hydrogens (primary N) is 1. The van der Waals surface area contributed by atoms with E-state index in [1.165, 1.54) is 17.8 Å². The van der Waals surface area contributed by atoms with Crippen LogP contribution < -0.4 is 5.73 Å². The van der Waals surface area contributed by atoms with Crippen LogP contribution in [0, 0.1) is 11.7 Å². The number of hydrogen-bond acceptors (Lipinski definition) is 6. The summed E-state index contributed by atoms with van der Waals surface area (Å²) in [5, 5.41) is 0.680. The molecule has 148 valence electrons. The monoisotopic (exact) mass is 394 g/mol. The molecule has 3 atom stereocenters. The van der Waals surface area contributed by atoms with Crippen LogP contribution in [0.3, 0.4) is 0 Å². The van der Waals surface area contributed by atoms with Gasteiger partial charge in [-0.15, -0.1) is 11.8 Å². The van der Waals surface area contributed by atoms with E-state index in [1.54, 1.807) is 19.2 Å². The topological polar surface area (TPSA) is 73.9 Å². The molecule has 1 aromatic rings. The van der Waals surface area contributed by atoms with Crippen LogP contribution >= 0.6 is 11.8 Å². The molecule has 1 aliphatic carbocycles. The third-order valence-electron chi connectivity index (χ3n) is 5.10. The minimum Gasteiger partial charge on any atom is -0.460 e. The Morgan fingerprint density at radius 3 is 2.85 bits per heavy atom. The Bertz CT molecular complexity index is 762. The molecule has 1 aliphatic heterocycles. The van der Waals surface area contributed by atoms with Gasteiger partial charge in [-0.3, -0.25) is 9.79 Å². The number of hydrogen-bond donors (Lipinski definition) is 1. The number of thioether (sulfide) groups is 1. The lowest BCUT2D eigenvalue weighted by molar-refractivity contribution is -0.153. The molecule has 1 heterocycles. The van der Waals surface area contributed by atoms with Gasteiger partial charge in [-0.2, -0.15) is 0 Å². The van der Waals surface area contributed by atoms with Crippen LogP contribution in [-0.2, 0) is 19.8 Å². The average molecular weight is 395 g/mol. The number of nitrogen functional groups attached to an aromatic ring is 1. The molecular weight excluding hydrogens is 367 g/mol. The van der Waals surface area contributed by atoms with Gasteiger partial charge in [-0.1, -0.05) is 0 Å². The molecule has 1 saturated carbocycles. The van der Waals surface area contributed by atoms with Crippen molar-refractivity contribution in [2.75, 3.05) is 18.6 Å². The first-order chi connectivity index (χ1) is 12.6. The highest BCUT2D eigenvalue weighted by molar-refractivity contribution is 8.14. The van der Waals surface area contributed by atoms with Crippen molar-refractivity contribution in [3.8, 4) is 0 Å². The summed E-state index contributed by atoms with van der Waals surface area (Å²) in [7, 11) is 1.68. The van der Waals surface area contributed by atoms with Crippen molar-refractivity contribution in [1.82, 2.24) is 0 Å². The second-order valence-corrected chi connectivity index (χ2v) is 9.26. The minimum absolute atomic E-state index is 0.00478. The van der Waals surface area contributed by atoms with E-state index in [0.717, 1.165) is 6.42 Å². The van der Waals surface area contributed by atoms with Crippen molar-refractivity contribution in [1.29, 1.82) is 0 Å². The van der Waals surface area contributed by atoms with Crippen molar-refractivity contribution in [3.05, 3.63) is 29.6 Å². The number of nitrogens with zero attached hydrogens (tertiary/aromatic N) is 1. The molecule has 7 heteroatoms. The molecule has 0 bridgehead atoms. The Balaban J connectivity index is 1.98. The zero-order valence-corrected chi connectivity index (χ0v) is 17.1. The van der Waals surface area contributed by atoms with E-state index in [4.69, 9.17) is 20.2 Å². The zero-order valence-electron chi connectivity index (χ0n) is 16.3. The number of anilines is 1. The molecule has 2 aliphatic rings. The van der Waals surface area contributed by atoms with Crippen molar-refractivity contribution >= 4 is 28.5 Å². The summed E-state index contributed by atoms with van der Waals surface area (Å²) >= 11 is 1.53. The van der Waals surface area contributed by atoms with Crippen LogP contribution in [0.25, 0.3) is 0 Å². The number of fused-ring (bicyclic) bond motifs is 1. The maximum atomic E-state index is 14.8. The van der Waals surface area contributed by atoms with Gasteiger partial charge in [-0.05, 0) is 51.8 Å². The molecule has 0 saturated heterocycles. The molecule has 0 radical (unpaired) electrons. The van der Waals surface area contributed by atoms with Crippen LogP contribution in [0.2, 0.25) is 0 Å². The highest BCUT2D eigenvalue weighted by Gasteiger charge is 2.53. The van der Waals surface area contributed by atoms with E-state index < -0.39 is 11.1 Å². The summed E-state index contributed by atoms with van der Waals surface area (Å²) in [6.45, 7) is 5.50. The van der Waals surface area contributed by atoms with Crippen molar-refractivity contribution in [2.24, 2.45) is 10.9 Å². The van der Waals surface area contributed by atoms with Crippen LogP contribution in [0.4, 0.5) is 10.1 Å². The quantitative estimate of drug-likeness (QED) is 0.619. The summed E-state index contributed by atoms with van der Waals surface area (Å²) < 4.78 is 25.8. The molecule has 0 spiro atoms. The van der Waals surface area contributed by atoms with Gasteiger partial charge in [0.05, 0.1) is 23.1 Å². The fourth-order valence-electron chi connectivity index (χ4n) is 4.02. The highest BCUT2D eigenvalue weighted by atomic mass is 32.2. The fourth-order valence-corrected chi connectivity index (χ4v) is 5.33. The van der Waals surface area contributed by atoms with Gasteiger partial charge in [0.1, 0.15) is 11.4 Å². The standard InChI is InChI=1S/C20H27FN2O3S/c1-19(2,3)26-18(24)10-17-23-20(13-9-12(22)5-6-15(13)21)8-7-16(25-4)14(20)11-27-17/h5-6,9,14,16H,7-8,10-11,22H2,1-4H3/t14-,16?,20-/m1/s1. The van der Waals surface area contributed by atoms with Crippen LogP contribution in [0.15, 0.2) is 23.2 Å². The summed E-state index contributed by atoms with van der Waals surface area (Å²) in [6.07, 6.45) is 1.55. The lowest BCUT2D eigenvalue weighted by atomic mass is 9.80. The number of ether oxygens (including phenoxy) is 2. The maximum absolute atomic E-state index is 14.8. The normalized spacial score (nSPS) is 27.8. The largest absolute Gasteiger partial charge is 0.460 e. The first-order valence-corrected chi connectivity index (χ1v) is 10.1. The van der Waals surface area contributed by atoms with Crippen LogP contribution in [0.5, 0.6) is 0 Å². The van der Waals surface area contributed by atoms with Crippen molar-refractivity contribution in [2.45, 2.75) is 57.3 Å². The molecule has 3 rings (SSSR count). The Morgan fingerprint density at radius 1 is 1.44 bits per heavy atom. The number of halogens is 1. The molecule has 2 N–H and O–H groups in total. The predicted molar refractivity (Wildman–Crippen MR) is 106 cm³/mol. The van der Waals surface area contributed by atoms with Gasteiger partial charge in [0, 0.05) is 30.0 Å². The number of rotatable bonds is 4. The molecule has 0 amide bonds. The number of esters is 1. The molecule has 27 heavy (non-hydrogen) atoms. The molecule has 0 aromatic heterocycles. The van der Waals surface area contributed by atoms with Crippen LogP contribution in [0.1, 0.15) is 45.6 Å². The number of aliphatic imine (C=N–C) groups is 1. The molecule has 1 fully saturated rings. The van der Waals surface area contributed by atoms with Crippen molar-refractivity contribution < 1.29 is 18.7 Å². The Kier molecular flexibility index (Phi) is 5.54. The van der Waals surface area contributed by atoms with Gasteiger partial charge >= 0.3 is 5.97 Å².